The van der Waals surface area contributed by atoms with Crippen LogP contribution in [0.5, 0.6) is 0 Å². The predicted octanol–water partition coefficient (Wildman–Crippen LogP) is 4.28. The summed E-state index contributed by atoms with van der Waals surface area (Å²) in [5, 5.41) is 3.30. The Balaban J connectivity index is 1.69. The molecular formula is C23H23ClN2O3S. The van der Waals surface area contributed by atoms with Gasteiger partial charge in [-0.25, -0.2) is 8.42 Å². The number of anilines is 1. The van der Waals surface area contributed by atoms with E-state index in [2.05, 4.69) is 5.32 Å². The Morgan fingerprint density at radius 3 is 2.10 bits per heavy atom. The molecule has 0 atom stereocenters. The van der Waals surface area contributed by atoms with Crippen molar-refractivity contribution in [3.8, 4) is 0 Å². The van der Waals surface area contributed by atoms with E-state index in [9.17, 15) is 13.2 Å². The van der Waals surface area contributed by atoms with E-state index in [1.54, 1.807) is 42.5 Å². The first kappa shape index (κ1) is 21.9. The molecule has 30 heavy (non-hydrogen) atoms. The molecule has 0 aliphatic rings. The van der Waals surface area contributed by atoms with Crippen molar-refractivity contribution in [1.29, 1.82) is 0 Å². The molecule has 156 valence electrons. The minimum absolute atomic E-state index is 0.122. The van der Waals surface area contributed by atoms with Gasteiger partial charge >= 0.3 is 0 Å². The summed E-state index contributed by atoms with van der Waals surface area (Å²) in [7, 11) is -3.91. The molecule has 0 aliphatic heterocycles. The van der Waals surface area contributed by atoms with E-state index >= 15 is 0 Å². The van der Waals surface area contributed by atoms with Gasteiger partial charge in [0.15, 0.2) is 0 Å². The van der Waals surface area contributed by atoms with Gasteiger partial charge < -0.3 is 5.32 Å². The Morgan fingerprint density at radius 2 is 1.47 bits per heavy atom. The van der Waals surface area contributed by atoms with Crippen molar-refractivity contribution in [2.75, 3.05) is 17.4 Å². The number of rotatable bonds is 9. The lowest BCUT2D eigenvalue weighted by Gasteiger charge is -2.24. The summed E-state index contributed by atoms with van der Waals surface area (Å²) in [6, 6.07) is 24.4. The van der Waals surface area contributed by atoms with Crippen LogP contribution in [-0.4, -0.2) is 27.4 Å². The molecule has 1 amide bonds. The maximum absolute atomic E-state index is 13.2. The molecule has 0 radical (unpaired) electrons. The molecule has 3 aromatic rings. The summed E-state index contributed by atoms with van der Waals surface area (Å²) in [6.07, 6.45) is 1.60. The first-order valence-corrected chi connectivity index (χ1v) is 11.4. The molecule has 0 heterocycles. The van der Waals surface area contributed by atoms with Gasteiger partial charge in [-0.1, -0.05) is 60.1 Å². The number of aryl methyl sites for hydroxylation is 1. The van der Waals surface area contributed by atoms with Crippen molar-refractivity contribution in [2.24, 2.45) is 0 Å². The predicted molar refractivity (Wildman–Crippen MR) is 120 cm³/mol. The van der Waals surface area contributed by atoms with Crippen LogP contribution < -0.4 is 9.62 Å². The van der Waals surface area contributed by atoms with Gasteiger partial charge in [0.05, 0.1) is 10.6 Å². The van der Waals surface area contributed by atoms with E-state index in [0.29, 0.717) is 17.3 Å². The Kier molecular flexibility index (Phi) is 7.49. The summed E-state index contributed by atoms with van der Waals surface area (Å²) >= 11 is 5.94. The molecule has 0 spiro atoms. The average Bonchev–Trinajstić information content (AvgIpc) is 2.77. The summed E-state index contributed by atoms with van der Waals surface area (Å²) < 4.78 is 27.5. The molecular weight excluding hydrogens is 420 g/mol. The number of nitrogens with zero attached hydrogens (tertiary/aromatic N) is 1. The van der Waals surface area contributed by atoms with Crippen LogP contribution in [0.2, 0.25) is 5.02 Å². The Morgan fingerprint density at radius 1 is 0.867 bits per heavy atom. The van der Waals surface area contributed by atoms with Gasteiger partial charge in [0, 0.05) is 11.6 Å². The van der Waals surface area contributed by atoms with E-state index in [0.717, 1.165) is 17.1 Å². The van der Waals surface area contributed by atoms with E-state index in [-0.39, 0.29) is 17.3 Å². The highest BCUT2D eigenvalue weighted by Gasteiger charge is 2.26. The molecule has 0 fully saturated rings. The number of hydrogen-bond acceptors (Lipinski definition) is 3. The lowest BCUT2D eigenvalue weighted by molar-refractivity contribution is -0.119. The zero-order chi connectivity index (χ0) is 21.4. The minimum Gasteiger partial charge on any atom is -0.355 e. The lowest BCUT2D eigenvalue weighted by Crippen LogP contribution is -2.41. The first-order valence-electron chi connectivity index (χ1n) is 9.61. The van der Waals surface area contributed by atoms with Crippen molar-refractivity contribution in [3.63, 3.8) is 0 Å². The summed E-state index contributed by atoms with van der Waals surface area (Å²) in [5.41, 5.74) is 1.57. The highest BCUT2D eigenvalue weighted by atomic mass is 35.5. The van der Waals surface area contributed by atoms with Gasteiger partial charge in [0.1, 0.15) is 6.54 Å². The number of amides is 1. The van der Waals surface area contributed by atoms with Crippen molar-refractivity contribution in [3.05, 3.63) is 95.5 Å². The fourth-order valence-electron chi connectivity index (χ4n) is 2.99. The normalized spacial score (nSPS) is 11.1. The molecule has 0 aromatic heterocycles. The van der Waals surface area contributed by atoms with Crippen molar-refractivity contribution in [2.45, 2.75) is 17.7 Å². The molecule has 0 bridgehead atoms. The van der Waals surface area contributed by atoms with E-state index in [1.165, 1.54) is 17.7 Å². The zero-order valence-corrected chi connectivity index (χ0v) is 17.9. The van der Waals surface area contributed by atoms with E-state index in [4.69, 9.17) is 11.6 Å². The molecule has 3 rings (SSSR count). The number of halogens is 1. The minimum atomic E-state index is -3.91. The third-order valence-electron chi connectivity index (χ3n) is 4.54. The summed E-state index contributed by atoms with van der Waals surface area (Å²) in [4.78, 5) is 12.7. The van der Waals surface area contributed by atoms with Gasteiger partial charge in [-0.15, -0.1) is 0 Å². The molecule has 0 aliphatic carbocycles. The van der Waals surface area contributed by atoms with E-state index < -0.39 is 10.0 Å². The van der Waals surface area contributed by atoms with Gasteiger partial charge in [0.2, 0.25) is 5.91 Å². The molecule has 0 unspecified atom stereocenters. The van der Waals surface area contributed by atoms with Crippen LogP contribution >= 0.6 is 11.6 Å². The smallest absolute Gasteiger partial charge is 0.264 e. The van der Waals surface area contributed by atoms with Gasteiger partial charge in [-0.05, 0) is 54.8 Å². The van der Waals surface area contributed by atoms with Gasteiger partial charge in [-0.3, -0.25) is 9.10 Å². The summed E-state index contributed by atoms with van der Waals surface area (Å²) in [5.74, 6) is -0.363. The number of nitrogens with one attached hydrogen (secondary N) is 1. The Labute approximate surface area is 182 Å². The lowest BCUT2D eigenvalue weighted by atomic mass is 10.1. The van der Waals surface area contributed by atoms with Crippen LogP contribution in [0.1, 0.15) is 12.0 Å². The fourth-order valence-corrected chi connectivity index (χ4v) is 4.56. The van der Waals surface area contributed by atoms with Crippen molar-refractivity contribution in [1.82, 2.24) is 5.32 Å². The second-order valence-electron chi connectivity index (χ2n) is 6.74. The molecule has 3 aromatic carbocycles. The Bertz CT molecular complexity index is 1060. The Hall–Kier alpha value is -2.83. The van der Waals surface area contributed by atoms with Crippen molar-refractivity contribution >= 4 is 33.2 Å². The highest BCUT2D eigenvalue weighted by molar-refractivity contribution is 7.92. The highest BCUT2D eigenvalue weighted by Crippen LogP contribution is 2.25. The molecule has 5 nitrogen and oxygen atoms in total. The van der Waals surface area contributed by atoms with Crippen LogP contribution in [-0.2, 0) is 21.2 Å². The maximum atomic E-state index is 13.2. The monoisotopic (exact) mass is 442 g/mol. The van der Waals surface area contributed by atoms with Gasteiger partial charge in [-0.2, -0.15) is 0 Å². The maximum Gasteiger partial charge on any atom is 0.264 e. The van der Waals surface area contributed by atoms with E-state index in [1.807, 2.05) is 30.3 Å². The number of benzene rings is 3. The largest absolute Gasteiger partial charge is 0.355 e. The van der Waals surface area contributed by atoms with Gasteiger partial charge in [0.25, 0.3) is 10.0 Å². The second kappa shape index (κ2) is 10.3. The molecule has 7 heteroatoms. The van der Waals surface area contributed by atoms with Crippen LogP contribution in [0.3, 0.4) is 0 Å². The average molecular weight is 443 g/mol. The number of carbonyl (C=O) groups excluding carboxylic acids is 1. The number of hydrogen-bond donors (Lipinski definition) is 1. The van der Waals surface area contributed by atoms with Crippen molar-refractivity contribution < 1.29 is 13.2 Å². The first-order chi connectivity index (χ1) is 14.5. The quantitative estimate of drug-likeness (QED) is 0.503. The van der Waals surface area contributed by atoms with Crippen LogP contribution in [0.4, 0.5) is 5.69 Å². The molecule has 0 saturated heterocycles. The van der Waals surface area contributed by atoms with Crippen LogP contribution in [0.15, 0.2) is 89.8 Å². The standard InChI is InChI=1S/C23H23ClN2O3S/c24-20-13-15-21(16-14-20)26(30(28,29)22-11-5-2-6-12-22)18-23(27)25-17-7-10-19-8-3-1-4-9-19/h1-6,8-9,11-16H,7,10,17-18H2,(H,25,27). The van der Waals surface area contributed by atoms with Crippen LogP contribution in [0.25, 0.3) is 0 Å². The molecule has 1 N–H and O–H groups in total. The molecule has 0 saturated carbocycles. The topological polar surface area (TPSA) is 66.5 Å². The fraction of sp³-hybridized carbons (Fsp3) is 0.174. The third-order valence-corrected chi connectivity index (χ3v) is 6.58. The SMILES string of the molecule is O=C(CN(c1ccc(Cl)cc1)S(=O)(=O)c1ccccc1)NCCCc1ccccc1. The third kappa shape index (κ3) is 5.84. The summed E-state index contributed by atoms with van der Waals surface area (Å²) in [6.45, 7) is 0.151. The second-order valence-corrected chi connectivity index (χ2v) is 9.04. The number of sulfonamides is 1. The number of carbonyl (C=O) groups is 1. The zero-order valence-electron chi connectivity index (χ0n) is 16.4. The van der Waals surface area contributed by atoms with Crippen LogP contribution in [0, 0.1) is 0 Å².